The minimum Gasteiger partial charge on any atom is -0.459 e. The maximum absolute atomic E-state index is 12.5. The van der Waals surface area contributed by atoms with Gasteiger partial charge >= 0.3 is 5.97 Å². The van der Waals surface area contributed by atoms with E-state index < -0.39 is 65.3 Å². The molecule has 138 valence electrons. The number of hydrogen-bond donors (Lipinski definition) is 3. The van der Waals surface area contributed by atoms with Gasteiger partial charge in [0.05, 0.1) is 30.1 Å². The summed E-state index contributed by atoms with van der Waals surface area (Å²) in [6, 6.07) is 0. The number of fused-ring (bicyclic) bond motifs is 2. The fraction of sp³-hybridized carbons (Fsp3) is 0.765. The Hall–Kier alpha value is -1.32. The summed E-state index contributed by atoms with van der Waals surface area (Å²) in [5.41, 5.74) is -3.39. The van der Waals surface area contributed by atoms with E-state index in [1.807, 2.05) is 0 Å². The number of esters is 1. The quantitative estimate of drug-likeness (QED) is 0.413. The predicted octanol–water partition coefficient (Wildman–Crippen LogP) is -1.30. The van der Waals surface area contributed by atoms with E-state index in [1.54, 1.807) is 19.9 Å². The number of ketones is 1. The molecule has 1 spiro atoms. The number of Topliss-reactive ketones (excluding diaryl/α,β-unsaturated/α-hetero) is 1. The molecule has 8 nitrogen and oxygen atoms in total. The highest BCUT2D eigenvalue weighted by Gasteiger charge is 2.87. The Morgan fingerprint density at radius 2 is 2.08 bits per heavy atom. The van der Waals surface area contributed by atoms with Crippen molar-refractivity contribution in [1.82, 2.24) is 0 Å². The molecule has 1 saturated carbocycles. The van der Waals surface area contributed by atoms with Crippen LogP contribution in [0.5, 0.6) is 0 Å². The second kappa shape index (κ2) is 4.89. The van der Waals surface area contributed by atoms with Gasteiger partial charge in [-0.1, -0.05) is 6.92 Å². The summed E-state index contributed by atoms with van der Waals surface area (Å²) in [7, 11) is 0. The van der Waals surface area contributed by atoms with Gasteiger partial charge in [0.25, 0.3) is 0 Å². The standard InChI is InChI=1S/C17H22O8/c1-7-4-9-16(5-18,12(22)10(7)20)15(3)13(24-8(2)19)11(21)14(25-9)17(15)6-23-17/h4,9,11-14,18,21-22H,5-6H2,1-3H3/t9?,11-,12?,13-,14?,15?,16?,17?/m1/s1. The van der Waals surface area contributed by atoms with Gasteiger partial charge in [-0.15, -0.1) is 0 Å². The minimum absolute atomic E-state index is 0.223. The van der Waals surface area contributed by atoms with Crippen LogP contribution in [0, 0.1) is 10.8 Å². The average molecular weight is 354 g/mol. The van der Waals surface area contributed by atoms with Gasteiger partial charge in [-0.2, -0.15) is 0 Å². The molecule has 2 aliphatic carbocycles. The van der Waals surface area contributed by atoms with Gasteiger partial charge in [-0.3, -0.25) is 9.59 Å². The van der Waals surface area contributed by atoms with Crippen molar-refractivity contribution in [2.24, 2.45) is 10.8 Å². The molecule has 0 aromatic carbocycles. The third-order valence-electron chi connectivity index (χ3n) is 6.83. The van der Waals surface area contributed by atoms with Gasteiger partial charge in [0, 0.05) is 6.92 Å². The van der Waals surface area contributed by atoms with Crippen LogP contribution in [0.1, 0.15) is 20.8 Å². The molecule has 3 N–H and O–H groups in total. The molecule has 6 unspecified atom stereocenters. The van der Waals surface area contributed by atoms with Gasteiger partial charge < -0.3 is 29.5 Å². The molecule has 0 aromatic heterocycles. The zero-order chi connectivity index (χ0) is 18.4. The molecule has 25 heavy (non-hydrogen) atoms. The van der Waals surface area contributed by atoms with Crippen molar-refractivity contribution in [3.05, 3.63) is 11.6 Å². The third-order valence-corrected chi connectivity index (χ3v) is 6.83. The Morgan fingerprint density at radius 1 is 1.44 bits per heavy atom. The SMILES string of the molecule is CC(=O)O[C@@H]1[C@@H](O)C2OC3C=C(C)C(=O)C(O)C3(CO)C1(C)C21CO1. The fourth-order valence-corrected chi connectivity index (χ4v) is 5.37. The number of carbonyl (C=O) groups is 2. The molecule has 2 aliphatic heterocycles. The van der Waals surface area contributed by atoms with Crippen molar-refractivity contribution in [3.8, 4) is 0 Å². The van der Waals surface area contributed by atoms with E-state index in [9.17, 15) is 24.9 Å². The first-order valence-electron chi connectivity index (χ1n) is 8.33. The molecule has 0 radical (unpaired) electrons. The Morgan fingerprint density at radius 3 is 2.60 bits per heavy atom. The van der Waals surface area contributed by atoms with Crippen molar-refractivity contribution in [2.45, 2.75) is 56.9 Å². The van der Waals surface area contributed by atoms with E-state index in [1.165, 1.54) is 6.92 Å². The molecule has 2 saturated heterocycles. The Labute approximate surface area is 144 Å². The molecule has 3 fully saturated rings. The number of epoxide rings is 1. The molecular formula is C17H22O8. The molecule has 2 bridgehead atoms. The van der Waals surface area contributed by atoms with Crippen LogP contribution in [-0.4, -0.2) is 76.4 Å². The van der Waals surface area contributed by atoms with Gasteiger partial charge in [0.15, 0.2) is 5.78 Å². The predicted molar refractivity (Wildman–Crippen MR) is 81.3 cm³/mol. The minimum atomic E-state index is -1.57. The van der Waals surface area contributed by atoms with E-state index in [-0.39, 0.29) is 6.61 Å². The highest BCUT2D eigenvalue weighted by Crippen LogP contribution is 2.71. The lowest BCUT2D eigenvalue weighted by Gasteiger charge is -2.58. The second-order valence-corrected chi connectivity index (χ2v) is 7.69. The fourth-order valence-electron chi connectivity index (χ4n) is 5.37. The molecule has 0 amide bonds. The van der Waals surface area contributed by atoms with Gasteiger partial charge in [-0.05, 0) is 18.6 Å². The first-order valence-corrected chi connectivity index (χ1v) is 8.33. The molecule has 8 heteroatoms. The molecule has 8 atom stereocenters. The maximum Gasteiger partial charge on any atom is 0.303 e. The van der Waals surface area contributed by atoms with Gasteiger partial charge in [0.1, 0.15) is 30.0 Å². The summed E-state index contributed by atoms with van der Waals surface area (Å²) in [5.74, 6) is -1.13. The summed E-state index contributed by atoms with van der Waals surface area (Å²) < 4.78 is 17.1. The Kier molecular flexibility index (Phi) is 3.35. The zero-order valence-electron chi connectivity index (χ0n) is 14.3. The van der Waals surface area contributed by atoms with Crippen molar-refractivity contribution in [2.75, 3.05) is 13.2 Å². The first kappa shape index (κ1) is 17.1. The molecular weight excluding hydrogens is 332 g/mol. The van der Waals surface area contributed by atoms with E-state index >= 15 is 0 Å². The summed E-state index contributed by atoms with van der Waals surface area (Å²) in [4.78, 5) is 24.1. The monoisotopic (exact) mass is 354 g/mol. The van der Waals surface area contributed by atoms with Crippen LogP contribution in [0.3, 0.4) is 0 Å². The Balaban J connectivity index is 1.96. The lowest BCUT2D eigenvalue weighted by Crippen LogP contribution is -2.72. The van der Waals surface area contributed by atoms with Crippen LogP contribution < -0.4 is 0 Å². The number of ether oxygens (including phenoxy) is 3. The molecule has 2 heterocycles. The van der Waals surface area contributed by atoms with Crippen molar-refractivity contribution >= 4 is 11.8 Å². The van der Waals surface area contributed by atoms with Crippen LogP contribution in [0.25, 0.3) is 0 Å². The van der Waals surface area contributed by atoms with Crippen molar-refractivity contribution in [3.63, 3.8) is 0 Å². The lowest BCUT2D eigenvalue weighted by atomic mass is 9.50. The van der Waals surface area contributed by atoms with Crippen molar-refractivity contribution in [1.29, 1.82) is 0 Å². The van der Waals surface area contributed by atoms with Crippen LogP contribution in [0.15, 0.2) is 11.6 Å². The van der Waals surface area contributed by atoms with Crippen LogP contribution in [0.2, 0.25) is 0 Å². The van der Waals surface area contributed by atoms with E-state index in [0.29, 0.717) is 5.57 Å². The molecule has 4 aliphatic rings. The summed E-state index contributed by atoms with van der Waals surface area (Å²) in [5, 5.41) is 32.0. The normalized spacial score (nSPS) is 53.4. The number of carbonyl (C=O) groups excluding carboxylic acids is 2. The van der Waals surface area contributed by atoms with E-state index in [0.717, 1.165) is 0 Å². The van der Waals surface area contributed by atoms with E-state index in [4.69, 9.17) is 14.2 Å². The number of aliphatic hydroxyl groups excluding tert-OH is 3. The summed E-state index contributed by atoms with van der Waals surface area (Å²) in [6.07, 6.45) is -3.87. The van der Waals surface area contributed by atoms with Gasteiger partial charge in [0.2, 0.25) is 0 Å². The third kappa shape index (κ3) is 1.65. The first-order chi connectivity index (χ1) is 11.7. The summed E-state index contributed by atoms with van der Waals surface area (Å²) >= 11 is 0. The average Bonchev–Trinajstić information content (AvgIpc) is 3.33. The molecule has 0 aromatic rings. The topological polar surface area (TPSA) is 126 Å². The van der Waals surface area contributed by atoms with Crippen LogP contribution >= 0.6 is 0 Å². The van der Waals surface area contributed by atoms with Crippen LogP contribution in [-0.2, 0) is 23.8 Å². The Bertz CT molecular complexity index is 682. The van der Waals surface area contributed by atoms with E-state index in [2.05, 4.69) is 0 Å². The van der Waals surface area contributed by atoms with Gasteiger partial charge in [-0.25, -0.2) is 0 Å². The highest BCUT2D eigenvalue weighted by atomic mass is 16.7. The summed E-state index contributed by atoms with van der Waals surface area (Å²) in [6.45, 7) is 4.11. The number of hydrogen-bond acceptors (Lipinski definition) is 8. The van der Waals surface area contributed by atoms with Crippen molar-refractivity contribution < 1.29 is 39.1 Å². The number of aliphatic hydroxyl groups is 3. The number of rotatable bonds is 2. The second-order valence-electron chi connectivity index (χ2n) is 7.69. The largest absolute Gasteiger partial charge is 0.459 e. The smallest absolute Gasteiger partial charge is 0.303 e. The maximum atomic E-state index is 12.5. The zero-order valence-corrected chi connectivity index (χ0v) is 14.3. The molecule has 4 rings (SSSR count). The van der Waals surface area contributed by atoms with Crippen LogP contribution in [0.4, 0.5) is 0 Å². The highest BCUT2D eigenvalue weighted by molar-refractivity contribution is 6.00. The lowest BCUT2D eigenvalue weighted by molar-refractivity contribution is -0.255.